The third-order valence-electron chi connectivity index (χ3n) is 1.25. The molecule has 0 aliphatic heterocycles. The summed E-state index contributed by atoms with van der Waals surface area (Å²) in [5.74, 6) is -0.122. The molecule has 0 aliphatic carbocycles. The second kappa shape index (κ2) is 3.87. The number of carbonyl (C=O) groups excluding carboxylic acids is 1. The van der Waals surface area contributed by atoms with Gasteiger partial charge in [-0.1, -0.05) is 18.5 Å². The Morgan fingerprint density at radius 2 is 2.42 bits per heavy atom. The molecular weight excluding hydrogens is 196 g/mol. The molecule has 0 aliphatic rings. The maximum absolute atomic E-state index is 10.6. The smallest absolute Gasteiger partial charge is 0.223 e. The molecule has 0 atom stereocenters. The molecule has 1 rings (SSSR count). The van der Waals surface area contributed by atoms with Crippen molar-refractivity contribution in [2.75, 3.05) is 5.32 Å². The van der Waals surface area contributed by atoms with Crippen LogP contribution in [0.2, 0.25) is 5.15 Å². The second-order valence-electron chi connectivity index (χ2n) is 2.27. The molecule has 0 unspecified atom stereocenters. The minimum atomic E-state index is -0.122. The topological polar surface area (TPSA) is 42.0 Å². The van der Waals surface area contributed by atoms with Crippen molar-refractivity contribution in [3.05, 3.63) is 10.0 Å². The van der Waals surface area contributed by atoms with Crippen LogP contribution in [0.5, 0.6) is 0 Å². The highest BCUT2D eigenvalue weighted by Crippen LogP contribution is 2.26. The number of aryl methyl sites for hydroxylation is 1. The van der Waals surface area contributed by atoms with Gasteiger partial charge in [0.2, 0.25) is 5.91 Å². The number of amides is 1. The summed E-state index contributed by atoms with van der Waals surface area (Å²) < 4.78 is 0. The van der Waals surface area contributed by atoms with E-state index in [-0.39, 0.29) is 5.91 Å². The van der Waals surface area contributed by atoms with Crippen molar-refractivity contribution in [1.82, 2.24) is 4.98 Å². The molecule has 0 radical (unpaired) electrons. The highest BCUT2D eigenvalue weighted by atomic mass is 35.5. The lowest BCUT2D eigenvalue weighted by Gasteiger charge is -1.91. The number of nitrogens with zero attached hydrogens (tertiary/aromatic N) is 1. The largest absolute Gasteiger partial charge is 0.302 e. The summed E-state index contributed by atoms with van der Waals surface area (Å²) in [7, 11) is 0. The summed E-state index contributed by atoms with van der Waals surface area (Å²) in [6.45, 7) is 3.44. The Kier molecular flexibility index (Phi) is 3.05. The summed E-state index contributed by atoms with van der Waals surface area (Å²) in [5, 5.41) is 3.65. The van der Waals surface area contributed by atoms with E-state index in [1.54, 1.807) is 0 Å². The highest BCUT2D eigenvalue weighted by molar-refractivity contribution is 7.16. The molecule has 3 nitrogen and oxygen atoms in total. The van der Waals surface area contributed by atoms with Crippen molar-refractivity contribution in [2.45, 2.75) is 20.3 Å². The fraction of sp³-hybridized carbons (Fsp3) is 0.429. The van der Waals surface area contributed by atoms with Gasteiger partial charge in [0, 0.05) is 11.8 Å². The van der Waals surface area contributed by atoms with Gasteiger partial charge in [-0.3, -0.25) is 4.79 Å². The average Bonchev–Trinajstić information content (AvgIpc) is 2.29. The van der Waals surface area contributed by atoms with E-state index in [0.717, 1.165) is 11.3 Å². The number of anilines is 1. The van der Waals surface area contributed by atoms with Gasteiger partial charge in [0.05, 0.1) is 0 Å². The first kappa shape index (κ1) is 9.48. The first-order chi connectivity index (χ1) is 5.63. The van der Waals surface area contributed by atoms with E-state index >= 15 is 0 Å². The maximum Gasteiger partial charge on any atom is 0.223 e. The summed E-state index contributed by atoms with van der Waals surface area (Å²) in [6.07, 6.45) is 0.843. The summed E-state index contributed by atoms with van der Waals surface area (Å²) >= 11 is 7.19. The lowest BCUT2D eigenvalue weighted by atomic mass is 10.4. The van der Waals surface area contributed by atoms with E-state index in [1.807, 2.05) is 6.92 Å². The molecule has 0 aromatic carbocycles. The van der Waals surface area contributed by atoms with Gasteiger partial charge in [-0.2, -0.15) is 0 Å². The fourth-order valence-corrected chi connectivity index (χ4v) is 1.98. The van der Waals surface area contributed by atoms with Crippen molar-refractivity contribution >= 4 is 34.0 Å². The van der Waals surface area contributed by atoms with Crippen LogP contribution in [0, 0.1) is 0 Å². The minimum absolute atomic E-state index is 0.122. The van der Waals surface area contributed by atoms with Gasteiger partial charge in [-0.25, -0.2) is 4.98 Å². The van der Waals surface area contributed by atoms with Crippen LogP contribution in [0.4, 0.5) is 5.13 Å². The van der Waals surface area contributed by atoms with Crippen molar-refractivity contribution in [3.8, 4) is 0 Å². The predicted octanol–water partition coefficient (Wildman–Crippen LogP) is 2.32. The highest BCUT2D eigenvalue weighted by Gasteiger charge is 2.07. The predicted molar refractivity (Wildman–Crippen MR) is 50.8 cm³/mol. The Hall–Kier alpha value is -0.610. The normalized spacial score (nSPS) is 9.92. The molecule has 1 aromatic rings. The van der Waals surface area contributed by atoms with E-state index < -0.39 is 0 Å². The van der Waals surface area contributed by atoms with E-state index in [1.165, 1.54) is 18.3 Å². The van der Waals surface area contributed by atoms with Crippen molar-refractivity contribution in [2.24, 2.45) is 0 Å². The van der Waals surface area contributed by atoms with Crippen LogP contribution in [0.3, 0.4) is 0 Å². The van der Waals surface area contributed by atoms with Crippen LogP contribution in [0.15, 0.2) is 0 Å². The fourth-order valence-electron chi connectivity index (χ4n) is 0.755. The van der Waals surface area contributed by atoms with Crippen LogP contribution >= 0.6 is 22.9 Å². The molecule has 0 saturated heterocycles. The zero-order valence-corrected chi connectivity index (χ0v) is 8.42. The van der Waals surface area contributed by atoms with Gasteiger partial charge in [-0.15, -0.1) is 11.3 Å². The Balaban J connectivity index is 2.82. The molecule has 12 heavy (non-hydrogen) atoms. The SMILES string of the molecule is CCc1sc(NC(C)=O)nc1Cl. The number of aromatic nitrogens is 1. The molecule has 1 amide bonds. The monoisotopic (exact) mass is 204 g/mol. The van der Waals surface area contributed by atoms with Gasteiger partial charge in [0.25, 0.3) is 0 Å². The maximum atomic E-state index is 10.6. The molecule has 0 bridgehead atoms. The third-order valence-corrected chi connectivity index (χ3v) is 2.79. The number of carbonyl (C=O) groups is 1. The quantitative estimate of drug-likeness (QED) is 0.804. The van der Waals surface area contributed by atoms with Gasteiger partial charge in [0.15, 0.2) is 5.13 Å². The molecule has 1 heterocycles. The molecule has 66 valence electrons. The molecule has 1 aromatic heterocycles. The van der Waals surface area contributed by atoms with Crippen LogP contribution in [0.25, 0.3) is 0 Å². The van der Waals surface area contributed by atoms with E-state index in [2.05, 4.69) is 10.3 Å². The summed E-state index contributed by atoms with van der Waals surface area (Å²) in [6, 6.07) is 0. The Bertz CT molecular complexity index is 298. The van der Waals surface area contributed by atoms with Crippen LogP contribution < -0.4 is 5.32 Å². The molecule has 0 fully saturated rings. The van der Waals surface area contributed by atoms with Crippen molar-refractivity contribution < 1.29 is 4.79 Å². The molecular formula is C7H9ClN2OS. The number of thiazole rings is 1. The summed E-state index contributed by atoms with van der Waals surface area (Å²) in [4.78, 5) is 15.6. The lowest BCUT2D eigenvalue weighted by Crippen LogP contribution is -2.04. The van der Waals surface area contributed by atoms with Gasteiger partial charge in [0.1, 0.15) is 5.15 Å². The van der Waals surface area contributed by atoms with E-state index in [9.17, 15) is 4.79 Å². The number of hydrogen-bond donors (Lipinski definition) is 1. The van der Waals surface area contributed by atoms with Crippen molar-refractivity contribution in [3.63, 3.8) is 0 Å². The van der Waals surface area contributed by atoms with Crippen LogP contribution in [0.1, 0.15) is 18.7 Å². The Morgan fingerprint density at radius 3 is 2.83 bits per heavy atom. The lowest BCUT2D eigenvalue weighted by molar-refractivity contribution is -0.114. The van der Waals surface area contributed by atoms with Crippen molar-refractivity contribution in [1.29, 1.82) is 0 Å². The number of hydrogen-bond acceptors (Lipinski definition) is 3. The first-order valence-electron chi connectivity index (χ1n) is 3.56. The van der Waals surface area contributed by atoms with E-state index in [4.69, 9.17) is 11.6 Å². The third kappa shape index (κ3) is 2.19. The Labute approximate surface area is 79.8 Å². The molecule has 1 N–H and O–H groups in total. The zero-order valence-electron chi connectivity index (χ0n) is 6.85. The van der Waals surface area contributed by atoms with Gasteiger partial charge < -0.3 is 5.32 Å². The Morgan fingerprint density at radius 1 is 1.75 bits per heavy atom. The van der Waals surface area contributed by atoms with E-state index in [0.29, 0.717) is 10.3 Å². The molecule has 0 spiro atoms. The zero-order chi connectivity index (χ0) is 9.14. The first-order valence-corrected chi connectivity index (χ1v) is 4.75. The average molecular weight is 205 g/mol. The molecule has 0 saturated carbocycles. The van der Waals surface area contributed by atoms with Crippen LogP contribution in [-0.4, -0.2) is 10.9 Å². The number of nitrogens with one attached hydrogen (secondary N) is 1. The summed E-state index contributed by atoms with van der Waals surface area (Å²) in [5.41, 5.74) is 0. The second-order valence-corrected chi connectivity index (χ2v) is 3.71. The number of rotatable bonds is 2. The van der Waals surface area contributed by atoms with Crippen LogP contribution in [-0.2, 0) is 11.2 Å². The molecule has 5 heteroatoms. The van der Waals surface area contributed by atoms with Gasteiger partial charge in [-0.05, 0) is 6.42 Å². The minimum Gasteiger partial charge on any atom is -0.302 e. The standard InChI is InChI=1S/C7H9ClN2OS/c1-3-5-6(8)10-7(12-5)9-4(2)11/h3H2,1-2H3,(H,9,10,11). The van der Waals surface area contributed by atoms with Gasteiger partial charge >= 0.3 is 0 Å². The number of halogens is 1.